The van der Waals surface area contributed by atoms with E-state index in [1.165, 1.54) is 5.56 Å². The van der Waals surface area contributed by atoms with Crippen molar-refractivity contribution in [3.05, 3.63) is 61.8 Å². The van der Waals surface area contributed by atoms with Crippen LogP contribution >= 0.6 is 31.9 Å². The molecule has 0 saturated heterocycles. The van der Waals surface area contributed by atoms with Gasteiger partial charge in [-0.2, -0.15) is 0 Å². The highest BCUT2D eigenvalue weighted by molar-refractivity contribution is 9.11. The van der Waals surface area contributed by atoms with Gasteiger partial charge in [0.25, 0.3) is 0 Å². The van der Waals surface area contributed by atoms with Crippen molar-refractivity contribution in [2.75, 3.05) is 0 Å². The number of pyridine rings is 1. The van der Waals surface area contributed by atoms with Crippen molar-refractivity contribution in [1.82, 2.24) is 4.98 Å². The SMILES string of the molecule is Cc1cccc(C(O)c2ncc(Br)cc2Br)c1C. The third kappa shape index (κ3) is 2.66. The van der Waals surface area contributed by atoms with Crippen LogP contribution in [0.1, 0.15) is 28.5 Å². The average molecular weight is 371 g/mol. The lowest BCUT2D eigenvalue weighted by atomic mass is 9.97. The van der Waals surface area contributed by atoms with Crippen LogP contribution in [0.25, 0.3) is 0 Å². The summed E-state index contributed by atoms with van der Waals surface area (Å²) in [5.74, 6) is 0. The van der Waals surface area contributed by atoms with E-state index in [0.717, 1.165) is 20.1 Å². The van der Waals surface area contributed by atoms with Gasteiger partial charge in [0.2, 0.25) is 0 Å². The average Bonchev–Trinajstić information content (AvgIpc) is 2.32. The highest BCUT2D eigenvalue weighted by Crippen LogP contribution is 2.30. The summed E-state index contributed by atoms with van der Waals surface area (Å²) < 4.78 is 1.68. The van der Waals surface area contributed by atoms with Crippen LogP contribution in [0.2, 0.25) is 0 Å². The largest absolute Gasteiger partial charge is 0.382 e. The van der Waals surface area contributed by atoms with Gasteiger partial charge in [-0.05, 0) is 68.5 Å². The standard InChI is InChI=1S/C14H13Br2NO/c1-8-4-3-5-11(9(8)2)14(18)13-12(16)6-10(15)7-17-13/h3-7,14,18H,1-2H3. The number of hydrogen-bond donors (Lipinski definition) is 1. The first-order chi connectivity index (χ1) is 8.50. The van der Waals surface area contributed by atoms with E-state index < -0.39 is 6.10 Å². The summed E-state index contributed by atoms with van der Waals surface area (Å²) in [4.78, 5) is 4.28. The van der Waals surface area contributed by atoms with Gasteiger partial charge in [0.15, 0.2) is 0 Å². The second kappa shape index (κ2) is 5.51. The van der Waals surface area contributed by atoms with Gasteiger partial charge in [-0.3, -0.25) is 4.98 Å². The number of halogens is 2. The predicted molar refractivity (Wildman–Crippen MR) is 79.6 cm³/mol. The van der Waals surface area contributed by atoms with Crippen molar-refractivity contribution in [1.29, 1.82) is 0 Å². The lowest BCUT2D eigenvalue weighted by molar-refractivity contribution is 0.213. The first-order valence-corrected chi connectivity index (χ1v) is 7.14. The van der Waals surface area contributed by atoms with E-state index in [1.54, 1.807) is 6.20 Å². The smallest absolute Gasteiger partial charge is 0.122 e. The molecule has 1 aromatic carbocycles. The topological polar surface area (TPSA) is 33.1 Å². The number of aromatic nitrogens is 1. The molecule has 1 unspecified atom stereocenters. The van der Waals surface area contributed by atoms with Gasteiger partial charge < -0.3 is 5.11 Å². The van der Waals surface area contributed by atoms with Gasteiger partial charge in [0.05, 0.1) is 5.69 Å². The maximum atomic E-state index is 10.5. The van der Waals surface area contributed by atoms with Gasteiger partial charge in [-0.25, -0.2) is 0 Å². The minimum absolute atomic E-state index is 0.631. The molecule has 18 heavy (non-hydrogen) atoms. The van der Waals surface area contributed by atoms with Crippen molar-refractivity contribution in [2.24, 2.45) is 0 Å². The number of aliphatic hydroxyl groups is 1. The van der Waals surface area contributed by atoms with Gasteiger partial charge in [-0.15, -0.1) is 0 Å². The number of aliphatic hydroxyl groups excluding tert-OH is 1. The molecule has 0 aliphatic carbocycles. The molecule has 2 aromatic rings. The molecule has 94 valence electrons. The fraction of sp³-hybridized carbons (Fsp3) is 0.214. The fourth-order valence-corrected chi connectivity index (χ4v) is 3.05. The summed E-state index contributed by atoms with van der Waals surface area (Å²) in [5, 5.41) is 10.5. The predicted octanol–water partition coefficient (Wildman–Crippen LogP) is 4.31. The molecule has 1 aromatic heterocycles. The van der Waals surface area contributed by atoms with Crippen LogP contribution in [0.4, 0.5) is 0 Å². The monoisotopic (exact) mass is 369 g/mol. The van der Waals surface area contributed by atoms with Crippen LogP contribution in [0.3, 0.4) is 0 Å². The van der Waals surface area contributed by atoms with Crippen molar-refractivity contribution in [2.45, 2.75) is 20.0 Å². The van der Waals surface area contributed by atoms with Crippen molar-refractivity contribution in [3.63, 3.8) is 0 Å². The van der Waals surface area contributed by atoms with Gasteiger partial charge >= 0.3 is 0 Å². The Balaban J connectivity index is 2.48. The van der Waals surface area contributed by atoms with Crippen LogP contribution in [0.5, 0.6) is 0 Å². The molecule has 4 heteroatoms. The Labute approximate surface area is 123 Å². The van der Waals surface area contributed by atoms with Gasteiger partial charge in [-0.1, -0.05) is 18.2 Å². The van der Waals surface area contributed by atoms with Gasteiger partial charge in [0.1, 0.15) is 6.10 Å². The fourth-order valence-electron chi connectivity index (χ4n) is 1.84. The van der Waals surface area contributed by atoms with Crippen LogP contribution < -0.4 is 0 Å². The molecule has 1 N–H and O–H groups in total. The third-order valence-electron chi connectivity index (χ3n) is 3.04. The quantitative estimate of drug-likeness (QED) is 0.854. The van der Waals surface area contributed by atoms with Crippen molar-refractivity contribution < 1.29 is 5.11 Å². The molecule has 0 saturated carbocycles. The zero-order chi connectivity index (χ0) is 13.3. The summed E-state index contributed by atoms with van der Waals surface area (Å²) >= 11 is 6.79. The summed E-state index contributed by atoms with van der Waals surface area (Å²) in [6, 6.07) is 7.81. The van der Waals surface area contributed by atoms with E-state index in [2.05, 4.69) is 36.8 Å². The van der Waals surface area contributed by atoms with Crippen LogP contribution in [0, 0.1) is 13.8 Å². The zero-order valence-electron chi connectivity index (χ0n) is 10.1. The molecule has 0 aliphatic heterocycles. The minimum Gasteiger partial charge on any atom is -0.382 e. The number of benzene rings is 1. The van der Waals surface area contributed by atoms with E-state index in [0.29, 0.717) is 5.69 Å². The molecule has 2 nitrogen and oxygen atoms in total. The lowest BCUT2D eigenvalue weighted by Crippen LogP contribution is -2.06. The molecule has 1 heterocycles. The normalized spacial score (nSPS) is 12.5. The molecule has 2 rings (SSSR count). The number of hydrogen-bond acceptors (Lipinski definition) is 2. The second-order valence-corrected chi connectivity index (χ2v) is 5.98. The number of nitrogens with zero attached hydrogens (tertiary/aromatic N) is 1. The van der Waals surface area contributed by atoms with Crippen LogP contribution in [0.15, 0.2) is 39.4 Å². The van der Waals surface area contributed by atoms with Crippen LogP contribution in [-0.4, -0.2) is 10.1 Å². The van der Waals surface area contributed by atoms with E-state index in [1.807, 2.05) is 38.1 Å². The van der Waals surface area contributed by atoms with E-state index in [-0.39, 0.29) is 0 Å². The summed E-state index contributed by atoms with van der Waals surface area (Å²) in [5.41, 5.74) is 3.79. The third-order valence-corrected chi connectivity index (χ3v) is 4.11. The first kappa shape index (κ1) is 13.7. The first-order valence-electron chi connectivity index (χ1n) is 5.56. The molecular weight excluding hydrogens is 358 g/mol. The molecule has 0 aliphatic rings. The summed E-state index contributed by atoms with van der Waals surface area (Å²) in [6.07, 6.45) is 0.974. The Kier molecular flexibility index (Phi) is 4.20. The van der Waals surface area contributed by atoms with Crippen molar-refractivity contribution >= 4 is 31.9 Å². The van der Waals surface area contributed by atoms with E-state index >= 15 is 0 Å². The summed E-state index contributed by atoms with van der Waals surface area (Å²) in [6.45, 7) is 4.05. The Morgan fingerprint density at radius 3 is 2.61 bits per heavy atom. The molecule has 0 radical (unpaired) electrons. The Bertz CT molecular complexity index is 584. The molecule has 0 spiro atoms. The molecule has 1 atom stereocenters. The van der Waals surface area contributed by atoms with E-state index in [4.69, 9.17) is 0 Å². The Morgan fingerprint density at radius 2 is 1.94 bits per heavy atom. The van der Waals surface area contributed by atoms with E-state index in [9.17, 15) is 5.11 Å². The highest BCUT2D eigenvalue weighted by Gasteiger charge is 2.17. The molecule has 0 bridgehead atoms. The zero-order valence-corrected chi connectivity index (χ0v) is 13.3. The minimum atomic E-state index is -0.715. The lowest BCUT2D eigenvalue weighted by Gasteiger charge is -2.16. The molecule has 0 fully saturated rings. The highest BCUT2D eigenvalue weighted by atomic mass is 79.9. The van der Waals surface area contributed by atoms with Crippen LogP contribution in [-0.2, 0) is 0 Å². The molecular formula is C14H13Br2NO. The maximum Gasteiger partial charge on any atom is 0.122 e. The molecule has 0 amide bonds. The number of aryl methyl sites for hydroxylation is 1. The van der Waals surface area contributed by atoms with Crippen molar-refractivity contribution in [3.8, 4) is 0 Å². The second-order valence-electron chi connectivity index (χ2n) is 4.21. The number of rotatable bonds is 2. The Morgan fingerprint density at radius 1 is 1.22 bits per heavy atom. The van der Waals surface area contributed by atoms with Gasteiger partial charge in [0, 0.05) is 15.1 Å². The summed E-state index contributed by atoms with van der Waals surface area (Å²) in [7, 11) is 0. The Hall–Kier alpha value is -0.710. The maximum absolute atomic E-state index is 10.5.